The molecule has 0 atom stereocenters. The van der Waals surface area contributed by atoms with Gasteiger partial charge in [0, 0.05) is 12.5 Å². The molecule has 0 saturated heterocycles. The fraction of sp³-hybridized carbons (Fsp3) is 0.583. The van der Waals surface area contributed by atoms with Gasteiger partial charge in [-0.3, -0.25) is 5.10 Å². The van der Waals surface area contributed by atoms with Gasteiger partial charge in [0.1, 0.15) is 10.8 Å². The Morgan fingerprint density at radius 2 is 2.11 bits per heavy atom. The smallest absolute Gasteiger partial charge is 0.193 e. The molecular weight excluding hydrogens is 246 g/mol. The Kier molecular flexibility index (Phi) is 3.13. The van der Waals surface area contributed by atoms with Gasteiger partial charge >= 0.3 is 0 Å². The molecule has 1 saturated carbocycles. The van der Waals surface area contributed by atoms with Gasteiger partial charge in [-0.2, -0.15) is 5.10 Å². The van der Waals surface area contributed by atoms with Crippen molar-refractivity contribution in [1.29, 1.82) is 0 Å². The average molecular weight is 263 g/mol. The fourth-order valence-corrected chi connectivity index (χ4v) is 3.38. The molecule has 0 spiro atoms. The second-order valence-electron chi connectivity index (χ2n) is 4.75. The average Bonchev–Trinajstić information content (AvgIpc) is 3.08. The van der Waals surface area contributed by atoms with E-state index in [0.29, 0.717) is 12.5 Å². The van der Waals surface area contributed by atoms with Gasteiger partial charge in [0.2, 0.25) is 0 Å². The van der Waals surface area contributed by atoms with Crippen LogP contribution in [0.25, 0.3) is 10.7 Å². The summed E-state index contributed by atoms with van der Waals surface area (Å²) in [6.07, 6.45) is 5.06. The lowest BCUT2D eigenvalue weighted by Gasteiger charge is -2.01. The third-order valence-electron chi connectivity index (χ3n) is 3.46. The van der Waals surface area contributed by atoms with Crippen LogP contribution in [0.5, 0.6) is 0 Å². The van der Waals surface area contributed by atoms with Gasteiger partial charge < -0.3 is 5.73 Å². The molecule has 1 aliphatic rings. The third kappa shape index (κ3) is 2.06. The van der Waals surface area contributed by atoms with Crippen molar-refractivity contribution in [1.82, 2.24) is 20.2 Å². The predicted molar refractivity (Wildman–Crippen MR) is 71.3 cm³/mol. The van der Waals surface area contributed by atoms with Gasteiger partial charge in [0.15, 0.2) is 5.82 Å². The number of H-pyrrole nitrogens is 1. The standard InChI is InChI=1S/C12H17N5S/c1-7-10(18-9(6-13)14-7)12-15-11(16-17-12)8-4-2-3-5-8/h8H,2-6,13H2,1H3,(H,15,16,17). The molecule has 2 heterocycles. The number of aromatic amines is 1. The molecule has 0 radical (unpaired) electrons. The predicted octanol–water partition coefficient (Wildman–Crippen LogP) is 2.35. The lowest BCUT2D eigenvalue weighted by atomic mass is 10.1. The van der Waals surface area contributed by atoms with Crippen LogP contribution >= 0.6 is 11.3 Å². The largest absolute Gasteiger partial charge is 0.325 e. The van der Waals surface area contributed by atoms with Crippen molar-refractivity contribution in [2.45, 2.75) is 45.1 Å². The Bertz CT molecular complexity index is 538. The summed E-state index contributed by atoms with van der Waals surface area (Å²) in [5, 5.41) is 8.36. The Morgan fingerprint density at radius 1 is 1.33 bits per heavy atom. The SMILES string of the molecule is Cc1nc(CN)sc1-c1n[nH]c(C2CCCC2)n1. The van der Waals surface area contributed by atoms with Gasteiger partial charge in [-0.05, 0) is 19.8 Å². The van der Waals surface area contributed by atoms with Crippen LogP contribution in [-0.2, 0) is 6.54 Å². The molecule has 0 aliphatic heterocycles. The Labute approximate surface area is 110 Å². The van der Waals surface area contributed by atoms with Gasteiger partial charge in [-0.25, -0.2) is 9.97 Å². The molecule has 96 valence electrons. The molecule has 1 aliphatic carbocycles. The van der Waals surface area contributed by atoms with Crippen molar-refractivity contribution in [3.05, 3.63) is 16.5 Å². The minimum absolute atomic E-state index is 0.478. The lowest BCUT2D eigenvalue weighted by Crippen LogP contribution is -1.94. The molecule has 6 heteroatoms. The van der Waals surface area contributed by atoms with Crippen molar-refractivity contribution >= 4 is 11.3 Å². The maximum Gasteiger partial charge on any atom is 0.193 e. The Morgan fingerprint density at radius 3 is 2.78 bits per heavy atom. The Hall–Kier alpha value is -1.27. The van der Waals surface area contributed by atoms with E-state index in [1.165, 1.54) is 25.7 Å². The van der Waals surface area contributed by atoms with Gasteiger partial charge in [0.05, 0.1) is 10.6 Å². The topological polar surface area (TPSA) is 80.5 Å². The normalized spacial score (nSPS) is 16.6. The van der Waals surface area contributed by atoms with Gasteiger partial charge in [-0.15, -0.1) is 11.3 Å². The number of rotatable bonds is 3. The van der Waals surface area contributed by atoms with Crippen LogP contribution in [-0.4, -0.2) is 20.2 Å². The van der Waals surface area contributed by atoms with Crippen LogP contribution in [0, 0.1) is 6.92 Å². The third-order valence-corrected chi connectivity index (χ3v) is 4.64. The molecule has 18 heavy (non-hydrogen) atoms. The van der Waals surface area contributed by atoms with Crippen molar-refractivity contribution in [2.24, 2.45) is 5.73 Å². The van der Waals surface area contributed by atoms with E-state index < -0.39 is 0 Å². The van der Waals surface area contributed by atoms with Crippen LogP contribution in [0.1, 0.15) is 48.1 Å². The van der Waals surface area contributed by atoms with Crippen molar-refractivity contribution < 1.29 is 0 Å². The Balaban J connectivity index is 1.89. The molecule has 2 aromatic heterocycles. The second kappa shape index (κ2) is 4.78. The van der Waals surface area contributed by atoms with Gasteiger partial charge in [-0.1, -0.05) is 12.8 Å². The van der Waals surface area contributed by atoms with E-state index >= 15 is 0 Å². The molecule has 0 aromatic carbocycles. The molecule has 0 bridgehead atoms. The maximum absolute atomic E-state index is 5.61. The maximum atomic E-state index is 5.61. The minimum Gasteiger partial charge on any atom is -0.325 e. The fourth-order valence-electron chi connectivity index (χ4n) is 2.50. The summed E-state index contributed by atoms with van der Waals surface area (Å²) in [4.78, 5) is 10.1. The highest BCUT2D eigenvalue weighted by Gasteiger charge is 2.22. The summed E-state index contributed by atoms with van der Waals surface area (Å²) in [6.45, 7) is 2.46. The van der Waals surface area contributed by atoms with Crippen LogP contribution < -0.4 is 5.73 Å². The summed E-state index contributed by atoms with van der Waals surface area (Å²) in [6, 6.07) is 0. The van der Waals surface area contributed by atoms with E-state index in [4.69, 9.17) is 5.73 Å². The quantitative estimate of drug-likeness (QED) is 0.890. The zero-order valence-corrected chi connectivity index (χ0v) is 11.3. The van der Waals surface area contributed by atoms with Crippen LogP contribution in [0.15, 0.2) is 0 Å². The number of hydrogen-bond donors (Lipinski definition) is 2. The first-order valence-electron chi connectivity index (χ1n) is 6.37. The second-order valence-corrected chi connectivity index (χ2v) is 5.84. The summed E-state index contributed by atoms with van der Waals surface area (Å²) >= 11 is 1.59. The van der Waals surface area contributed by atoms with Crippen molar-refractivity contribution in [3.63, 3.8) is 0 Å². The van der Waals surface area contributed by atoms with E-state index in [1.807, 2.05) is 6.92 Å². The van der Waals surface area contributed by atoms with Crippen molar-refractivity contribution in [3.8, 4) is 10.7 Å². The number of aryl methyl sites for hydroxylation is 1. The summed E-state index contributed by atoms with van der Waals surface area (Å²) < 4.78 is 0. The van der Waals surface area contributed by atoms with Crippen LogP contribution in [0.3, 0.4) is 0 Å². The van der Waals surface area contributed by atoms with Crippen molar-refractivity contribution in [2.75, 3.05) is 0 Å². The number of nitrogens with two attached hydrogens (primary N) is 1. The molecule has 5 nitrogen and oxygen atoms in total. The highest BCUT2D eigenvalue weighted by Crippen LogP contribution is 2.34. The molecule has 0 amide bonds. The molecule has 0 unspecified atom stereocenters. The van der Waals surface area contributed by atoms with E-state index in [1.54, 1.807) is 11.3 Å². The first-order valence-corrected chi connectivity index (χ1v) is 7.18. The van der Waals surface area contributed by atoms with E-state index in [0.717, 1.165) is 27.2 Å². The summed E-state index contributed by atoms with van der Waals surface area (Å²) in [5.74, 6) is 2.37. The molecule has 2 aromatic rings. The van der Waals surface area contributed by atoms with Crippen LogP contribution in [0.2, 0.25) is 0 Å². The van der Waals surface area contributed by atoms with E-state index in [-0.39, 0.29) is 0 Å². The molecule has 3 rings (SSSR count). The number of hydrogen-bond acceptors (Lipinski definition) is 5. The van der Waals surface area contributed by atoms with E-state index in [9.17, 15) is 0 Å². The first kappa shape index (κ1) is 11.8. The summed E-state index contributed by atoms with van der Waals surface area (Å²) in [5.41, 5.74) is 6.58. The number of aromatic nitrogens is 4. The van der Waals surface area contributed by atoms with Crippen LogP contribution in [0.4, 0.5) is 0 Å². The first-order chi connectivity index (χ1) is 8.78. The lowest BCUT2D eigenvalue weighted by molar-refractivity contribution is 0.672. The number of thiazole rings is 1. The monoisotopic (exact) mass is 263 g/mol. The van der Waals surface area contributed by atoms with Gasteiger partial charge in [0.25, 0.3) is 0 Å². The number of nitrogens with zero attached hydrogens (tertiary/aromatic N) is 3. The zero-order chi connectivity index (χ0) is 12.5. The summed E-state index contributed by atoms with van der Waals surface area (Å²) in [7, 11) is 0. The zero-order valence-electron chi connectivity index (χ0n) is 10.4. The highest BCUT2D eigenvalue weighted by molar-refractivity contribution is 7.15. The number of nitrogens with one attached hydrogen (secondary N) is 1. The van der Waals surface area contributed by atoms with E-state index in [2.05, 4.69) is 20.2 Å². The highest BCUT2D eigenvalue weighted by atomic mass is 32.1. The molecular formula is C12H17N5S. The molecule has 1 fully saturated rings. The minimum atomic E-state index is 0.478. The molecule has 3 N–H and O–H groups in total.